The molecule has 1 heterocycles. The van der Waals surface area contributed by atoms with Crippen molar-refractivity contribution in [3.05, 3.63) is 84.4 Å². The molecular formula is C20H16N2. The molecule has 1 aromatic heterocycles. The highest BCUT2D eigenvalue weighted by atomic mass is 14.9. The van der Waals surface area contributed by atoms with Crippen molar-refractivity contribution in [1.29, 1.82) is 0 Å². The zero-order chi connectivity index (χ0) is 14.8. The van der Waals surface area contributed by atoms with E-state index >= 15 is 0 Å². The summed E-state index contributed by atoms with van der Waals surface area (Å²) >= 11 is 0. The van der Waals surface area contributed by atoms with Crippen molar-refractivity contribution < 1.29 is 0 Å². The van der Waals surface area contributed by atoms with Crippen LogP contribution in [-0.4, -0.2) is 4.98 Å². The lowest BCUT2D eigenvalue weighted by molar-refractivity contribution is 1.15. The first kappa shape index (κ1) is 12.8. The fourth-order valence-electron chi connectivity index (χ4n) is 2.75. The number of anilines is 1. The van der Waals surface area contributed by atoms with Crippen molar-refractivity contribution in [2.45, 2.75) is 6.54 Å². The Hall–Kier alpha value is -2.87. The predicted octanol–water partition coefficient (Wildman–Crippen LogP) is 5.00. The summed E-state index contributed by atoms with van der Waals surface area (Å²) in [4.78, 5) is 4.75. The smallest absolute Gasteiger partial charge is 0.0730 e. The average Bonchev–Trinajstić information content (AvgIpc) is 2.59. The van der Waals surface area contributed by atoms with Crippen LogP contribution in [0.5, 0.6) is 0 Å². The molecule has 4 aromatic rings. The molecule has 0 atom stereocenters. The largest absolute Gasteiger partial charge is 0.380 e. The first-order valence-corrected chi connectivity index (χ1v) is 7.46. The summed E-state index contributed by atoms with van der Waals surface area (Å²) in [5.74, 6) is 0. The number of rotatable bonds is 3. The van der Waals surface area contributed by atoms with E-state index in [1.54, 1.807) is 0 Å². The molecule has 0 radical (unpaired) electrons. The summed E-state index contributed by atoms with van der Waals surface area (Å²) in [6.45, 7) is 0.812. The van der Waals surface area contributed by atoms with Gasteiger partial charge in [0.05, 0.1) is 11.0 Å². The lowest BCUT2D eigenvalue weighted by Gasteiger charge is -2.10. The first-order chi connectivity index (χ1) is 10.9. The van der Waals surface area contributed by atoms with E-state index in [2.05, 4.69) is 72.0 Å². The SMILES string of the molecule is c1ccc(CNc2cccc3nc4ccccc4cc23)cc1. The Morgan fingerprint density at radius 3 is 2.41 bits per heavy atom. The van der Waals surface area contributed by atoms with Crippen LogP contribution in [0.2, 0.25) is 0 Å². The highest BCUT2D eigenvalue weighted by Crippen LogP contribution is 2.26. The van der Waals surface area contributed by atoms with E-state index in [-0.39, 0.29) is 0 Å². The second-order valence-electron chi connectivity index (χ2n) is 5.39. The summed E-state index contributed by atoms with van der Waals surface area (Å²) in [6.07, 6.45) is 0. The lowest BCUT2D eigenvalue weighted by atomic mass is 10.1. The van der Waals surface area contributed by atoms with E-state index in [1.807, 2.05) is 12.1 Å². The number of benzene rings is 3. The Balaban J connectivity index is 1.75. The molecule has 106 valence electrons. The van der Waals surface area contributed by atoms with Crippen molar-refractivity contribution in [3.63, 3.8) is 0 Å². The lowest BCUT2D eigenvalue weighted by Crippen LogP contribution is -2.00. The predicted molar refractivity (Wildman–Crippen MR) is 93.0 cm³/mol. The van der Waals surface area contributed by atoms with E-state index in [0.717, 1.165) is 28.7 Å². The molecule has 4 rings (SSSR count). The van der Waals surface area contributed by atoms with Gasteiger partial charge in [-0.1, -0.05) is 54.6 Å². The first-order valence-electron chi connectivity index (χ1n) is 7.46. The van der Waals surface area contributed by atoms with Crippen molar-refractivity contribution in [1.82, 2.24) is 4.98 Å². The maximum Gasteiger partial charge on any atom is 0.0730 e. The molecular weight excluding hydrogens is 268 g/mol. The number of nitrogens with one attached hydrogen (secondary N) is 1. The molecule has 2 heteroatoms. The molecule has 0 bridgehead atoms. The summed E-state index contributed by atoms with van der Waals surface area (Å²) < 4.78 is 0. The molecule has 0 fully saturated rings. The van der Waals surface area contributed by atoms with Crippen molar-refractivity contribution in [3.8, 4) is 0 Å². The van der Waals surface area contributed by atoms with Crippen LogP contribution in [0, 0.1) is 0 Å². The van der Waals surface area contributed by atoms with E-state index in [0.29, 0.717) is 0 Å². The summed E-state index contributed by atoms with van der Waals surface area (Å²) in [7, 11) is 0. The van der Waals surface area contributed by atoms with Crippen molar-refractivity contribution in [2.24, 2.45) is 0 Å². The molecule has 0 aliphatic rings. The van der Waals surface area contributed by atoms with Gasteiger partial charge in [-0.25, -0.2) is 4.98 Å². The van der Waals surface area contributed by atoms with E-state index < -0.39 is 0 Å². The minimum Gasteiger partial charge on any atom is -0.380 e. The molecule has 2 nitrogen and oxygen atoms in total. The Bertz CT molecular complexity index is 930. The maximum atomic E-state index is 4.75. The minimum atomic E-state index is 0.812. The van der Waals surface area contributed by atoms with E-state index in [1.165, 1.54) is 10.9 Å². The maximum absolute atomic E-state index is 4.75. The highest BCUT2D eigenvalue weighted by Gasteiger charge is 2.04. The van der Waals surface area contributed by atoms with Crippen LogP contribution in [0.3, 0.4) is 0 Å². The molecule has 0 aliphatic heterocycles. The Morgan fingerprint density at radius 1 is 0.727 bits per heavy atom. The standard InChI is InChI=1S/C20H16N2/c1-2-7-15(8-3-1)14-21-19-11-6-12-20-17(19)13-16-9-4-5-10-18(16)22-20/h1-13,21H,14H2. The molecule has 0 amide bonds. The quantitative estimate of drug-likeness (QED) is 0.535. The monoisotopic (exact) mass is 284 g/mol. The van der Waals surface area contributed by atoms with Crippen molar-refractivity contribution in [2.75, 3.05) is 5.32 Å². The fraction of sp³-hybridized carbons (Fsp3) is 0.0500. The number of aromatic nitrogens is 1. The Kier molecular flexibility index (Phi) is 3.20. The van der Waals surface area contributed by atoms with Gasteiger partial charge in [0.15, 0.2) is 0 Å². The van der Waals surface area contributed by atoms with Gasteiger partial charge in [-0.05, 0) is 29.8 Å². The summed E-state index contributed by atoms with van der Waals surface area (Å²) in [5.41, 5.74) is 4.46. The van der Waals surface area contributed by atoms with Crippen LogP contribution in [0.25, 0.3) is 21.8 Å². The van der Waals surface area contributed by atoms with Gasteiger partial charge < -0.3 is 5.32 Å². The average molecular weight is 284 g/mol. The van der Waals surface area contributed by atoms with Crippen LogP contribution >= 0.6 is 0 Å². The van der Waals surface area contributed by atoms with Gasteiger partial charge in [0.1, 0.15) is 0 Å². The zero-order valence-corrected chi connectivity index (χ0v) is 12.2. The number of hydrogen-bond acceptors (Lipinski definition) is 2. The molecule has 22 heavy (non-hydrogen) atoms. The summed E-state index contributed by atoms with van der Waals surface area (Å²) in [5, 5.41) is 5.86. The molecule has 0 spiro atoms. The molecule has 0 saturated heterocycles. The number of nitrogens with zero attached hydrogens (tertiary/aromatic N) is 1. The van der Waals surface area contributed by atoms with Gasteiger partial charge in [-0.2, -0.15) is 0 Å². The second kappa shape index (κ2) is 5.49. The zero-order valence-electron chi connectivity index (χ0n) is 12.2. The molecule has 1 N–H and O–H groups in total. The van der Waals surface area contributed by atoms with Gasteiger partial charge in [-0.15, -0.1) is 0 Å². The van der Waals surface area contributed by atoms with Gasteiger partial charge in [0.25, 0.3) is 0 Å². The molecule has 0 saturated carbocycles. The van der Waals surface area contributed by atoms with Crippen LogP contribution in [0.15, 0.2) is 78.9 Å². The van der Waals surface area contributed by atoms with Crippen LogP contribution < -0.4 is 5.32 Å². The van der Waals surface area contributed by atoms with Gasteiger partial charge in [-0.3, -0.25) is 0 Å². The normalized spacial score (nSPS) is 10.9. The van der Waals surface area contributed by atoms with Crippen LogP contribution in [0.1, 0.15) is 5.56 Å². The van der Waals surface area contributed by atoms with Gasteiger partial charge >= 0.3 is 0 Å². The second-order valence-corrected chi connectivity index (χ2v) is 5.39. The van der Waals surface area contributed by atoms with Gasteiger partial charge in [0, 0.05) is 23.0 Å². The van der Waals surface area contributed by atoms with Crippen LogP contribution in [0.4, 0.5) is 5.69 Å². The van der Waals surface area contributed by atoms with Gasteiger partial charge in [0.2, 0.25) is 0 Å². The third-order valence-corrected chi connectivity index (χ3v) is 3.89. The summed E-state index contributed by atoms with van der Waals surface area (Å²) in [6, 6.07) is 27.1. The number of fused-ring (bicyclic) bond motifs is 2. The Morgan fingerprint density at radius 2 is 1.50 bits per heavy atom. The molecule has 3 aromatic carbocycles. The third-order valence-electron chi connectivity index (χ3n) is 3.89. The molecule has 0 aliphatic carbocycles. The van der Waals surface area contributed by atoms with E-state index in [4.69, 9.17) is 4.98 Å². The topological polar surface area (TPSA) is 24.9 Å². The number of pyridine rings is 1. The minimum absolute atomic E-state index is 0.812. The van der Waals surface area contributed by atoms with E-state index in [9.17, 15) is 0 Å². The highest BCUT2D eigenvalue weighted by molar-refractivity contribution is 5.99. The number of hydrogen-bond donors (Lipinski definition) is 1. The molecule has 0 unspecified atom stereocenters. The van der Waals surface area contributed by atoms with Crippen molar-refractivity contribution >= 4 is 27.5 Å². The number of para-hydroxylation sites is 1. The Labute approximate surface area is 129 Å². The third kappa shape index (κ3) is 2.40. The van der Waals surface area contributed by atoms with Crippen LogP contribution in [-0.2, 0) is 6.54 Å². The fourth-order valence-corrected chi connectivity index (χ4v) is 2.75.